The van der Waals surface area contributed by atoms with Crippen LogP contribution in [0.1, 0.15) is 27.0 Å². The molecule has 0 amide bonds. The van der Waals surface area contributed by atoms with E-state index in [1.807, 2.05) is 43.3 Å². The molecular formula is C19H18O. The van der Waals surface area contributed by atoms with Gasteiger partial charge < -0.3 is 0 Å². The van der Waals surface area contributed by atoms with Crippen LogP contribution in [0.5, 0.6) is 0 Å². The van der Waals surface area contributed by atoms with Gasteiger partial charge in [-0.2, -0.15) is 0 Å². The number of hydrogen-bond donors (Lipinski definition) is 0. The van der Waals surface area contributed by atoms with E-state index in [0.717, 1.165) is 16.7 Å². The van der Waals surface area contributed by atoms with E-state index in [1.165, 1.54) is 5.56 Å². The van der Waals surface area contributed by atoms with E-state index in [4.69, 9.17) is 0 Å². The summed E-state index contributed by atoms with van der Waals surface area (Å²) in [6, 6.07) is 15.9. The van der Waals surface area contributed by atoms with Crippen LogP contribution in [0.25, 0.3) is 6.08 Å². The number of rotatable bonds is 4. The molecule has 20 heavy (non-hydrogen) atoms. The van der Waals surface area contributed by atoms with Crippen molar-refractivity contribution in [1.29, 1.82) is 0 Å². The Morgan fingerprint density at radius 2 is 1.35 bits per heavy atom. The monoisotopic (exact) mass is 262 g/mol. The van der Waals surface area contributed by atoms with Gasteiger partial charge in [-0.3, -0.25) is 4.79 Å². The Kier molecular flexibility index (Phi) is 4.67. The standard InChI is InChI=1S/C19H18O/c1-15-7-11-17(12-8-15)5-3-4-6-19(20)18-13-9-16(2)10-14-18/h3-14H,1-2H3. The average molecular weight is 262 g/mol. The molecule has 0 atom stereocenters. The third-order valence-corrected chi connectivity index (χ3v) is 3.06. The lowest BCUT2D eigenvalue weighted by molar-refractivity contribution is 0.104. The summed E-state index contributed by atoms with van der Waals surface area (Å²) in [5, 5.41) is 0. The molecule has 0 saturated carbocycles. The Morgan fingerprint density at radius 1 is 0.800 bits per heavy atom. The first-order valence-corrected chi connectivity index (χ1v) is 6.67. The van der Waals surface area contributed by atoms with Crippen molar-refractivity contribution in [2.75, 3.05) is 0 Å². The zero-order chi connectivity index (χ0) is 14.4. The van der Waals surface area contributed by atoms with Crippen LogP contribution in [0.4, 0.5) is 0 Å². The maximum atomic E-state index is 11.9. The summed E-state index contributed by atoms with van der Waals surface area (Å²) < 4.78 is 0. The lowest BCUT2D eigenvalue weighted by atomic mass is 10.1. The summed E-state index contributed by atoms with van der Waals surface area (Å²) in [5.41, 5.74) is 4.25. The second-order valence-corrected chi connectivity index (χ2v) is 4.86. The molecule has 0 aliphatic heterocycles. The molecule has 1 nitrogen and oxygen atoms in total. The lowest BCUT2D eigenvalue weighted by Gasteiger charge is -1.96. The number of allylic oxidation sites excluding steroid dienone is 3. The van der Waals surface area contributed by atoms with Crippen molar-refractivity contribution in [2.45, 2.75) is 13.8 Å². The molecule has 0 radical (unpaired) electrons. The second kappa shape index (κ2) is 6.67. The van der Waals surface area contributed by atoms with Crippen molar-refractivity contribution in [2.24, 2.45) is 0 Å². The Labute approximate surface area is 120 Å². The third-order valence-electron chi connectivity index (χ3n) is 3.06. The molecule has 0 heterocycles. The van der Waals surface area contributed by atoms with Gasteiger partial charge in [-0.05, 0) is 25.5 Å². The zero-order valence-electron chi connectivity index (χ0n) is 11.8. The van der Waals surface area contributed by atoms with Gasteiger partial charge in [-0.25, -0.2) is 0 Å². The summed E-state index contributed by atoms with van der Waals surface area (Å²) in [7, 11) is 0. The Hall–Kier alpha value is -2.41. The molecule has 0 unspecified atom stereocenters. The number of carbonyl (C=O) groups excluding carboxylic acids is 1. The summed E-state index contributed by atoms with van der Waals surface area (Å²) in [4.78, 5) is 11.9. The van der Waals surface area contributed by atoms with Crippen LogP contribution >= 0.6 is 0 Å². The van der Waals surface area contributed by atoms with Gasteiger partial charge in [-0.1, -0.05) is 77.9 Å². The molecule has 0 aromatic heterocycles. The van der Waals surface area contributed by atoms with Gasteiger partial charge in [0, 0.05) is 5.56 Å². The SMILES string of the molecule is Cc1ccc(C=CC=CC(=O)c2ccc(C)cc2)cc1. The van der Waals surface area contributed by atoms with Crippen molar-refractivity contribution >= 4 is 11.9 Å². The third kappa shape index (κ3) is 4.06. The van der Waals surface area contributed by atoms with E-state index < -0.39 is 0 Å². The molecule has 2 aromatic carbocycles. The minimum atomic E-state index is 0.0264. The van der Waals surface area contributed by atoms with Crippen LogP contribution in [-0.4, -0.2) is 5.78 Å². The molecule has 0 N–H and O–H groups in total. The normalized spacial score (nSPS) is 11.3. The highest BCUT2D eigenvalue weighted by Crippen LogP contribution is 2.06. The van der Waals surface area contributed by atoms with Crippen LogP contribution in [0.15, 0.2) is 66.8 Å². The van der Waals surface area contributed by atoms with Gasteiger partial charge in [-0.15, -0.1) is 0 Å². The summed E-state index contributed by atoms with van der Waals surface area (Å²) in [5.74, 6) is 0.0264. The van der Waals surface area contributed by atoms with E-state index in [9.17, 15) is 4.79 Å². The number of carbonyl (C=O) groups is 1. The van der Waals surface area contributed by atoms with Crippen LogP contribution in [-0.2, 0) is 0 Å². The predicted molar refractivity (Wildman–Crippen MR) is 84.9 cm³/mol. The quantitative estimate of drug-likeness (QED) is 0.441. The molecule has 0 aliphatic carbocycles. The van der Waals surface area contributed by atoms with Crippen LogP contribution in [0, 0.1) is 13.8 Å². The van der Waals surface area contributed by atoms with E-state index >= 15 is 0 Å². The van der Waals surface area contributed by atoms with Crippen molar-refractivity contribution < 1.29 is 4.79 Å². The van der Waals surface area contributed by atoms with Crippen LogP contribution < -0.4 is 0 Å². The van der Waals surface area contributed by atoms with Gasteiger partial charge >= 0.3 is 0 Å². The van der Waals surface area contributed by atoms with Gasteiger partial charge in [0.15, 0.2) is 5.78 Å². The highest BCUT2D eigenvalue weighted by atomic mass is 16.1. The fourth-order valence-corrected chi connectivity index (χ4v) is 1.80. The number of ketones is 1. The van der Waals surface area contributed by atoms with E-state index in [1.54, 1.807) is 12.2 Å². The molecular weight excluding hydrogens is 244 g/mol. The molecule has 2 rings (SSSR count). The van der Waals surface area contributed by atoms with Gasteiger partial charge in [0.25, 0.3) is 0 Å². The predicted octanol–water partition coefficient (Wildman–Crippen LogP) is 4.76. The Bertz CT molecular complexity index is 628. The highest BCUT2D eigenvalue weighted by Gasteiger charge is 1.99. The molecule has 2 aromatic rings. The minimum absolute atomic E-state index is 0.0264. The smallest absolute Gasteiger partial charge is 0.185 e. The first kappa shape index (κ1) is 14.0. The maximum absolute atomic E-state index is 11.9. The first-order chi connectivity index (χ1) is 9.65. The topological polar surface area (TPSA) is 17.1 Å². The summed E-state index contributed by atoms with van der Waals surface area (Å²) in [6.45, 7) is 4.07. The van der Waals surface area contributed by atoms with Crippen molar-refractivity contribution in [3.05, 3.63) is 89.0 Å². The average Bonchev–Trinajstić information content (AvgIpc) is 2.46. The fraction of sp³-hybridized carbons (Fsp3) is 0.105. The molecule has 0 saturated heterocycles. The minimum Gasteiger partial charge on any atom is -0.289 e. The number of hydrogen-bond acceptors (Lipinski definition) is 1. The Balaban J connectivity index is 1.97. The molecule has 1 heteroatoms. The number of aryl methyl sites for hydroxylation is 2. The summed E-state index contributed by atoms with van der Waals surface area (Å²) >= 11 is 0. The molecule has 0 bridgehead atoms. The Morgan fingerprint density at radius 3 is 1.95 bits per heavy atom. The largest absolute Gasteiger partial charge is 0.289 e. The summed E-state index contributed by atoms with van der Waals surface area (Å²) in [6.07, 6.45) is 7.24. The second-order valence-electron chi connectivity index (χ2n) is 4.86. The van der Waals surface area contributed by atoms with Crippen LogP contribution in [0.2, 0.25) is 0 Å². The highest BCUT2D eigenvalue weighted by molar-refractivity contribution is 6.04. The molecule has 0 aliphatic rings. The fourth-order valence-electron chi connectivity index (χ4n) is 1.80. The van der Waals surface area contributed by atoms with E-state index in [2.05, 4.69) is 31.2 Å². The van der Waals surface area contributed by atoms with Gasteiger partial charge in [0.05, 0.1) is 0 Å². The van der Waals surface area contributed by atoms with Crippen molar-refractivity contribution in [3.63, 3.8) is 0 Å². The first-order valence-electron chi connectivity index (χ1n) is 6.67. The lowest BCUT2D eigenvalue weighted by Crippen LogP contribution is -1.93. The van der Waals surface area contributed by atoms with Crippen molar-refractivity contribution in [1.82, 2.24) is 0 Å². The molecule has 0 spiro atoms. The number of benzene rings is 2. The van der Waals surface area contributed by atoms with Crippen LogP contribution in [0.3, 0.4) is 0 Å². The molecule has 0 fully saturated rings. The van der Waals surface area contributed by atoms with Crippen molar-refractivity contribution in [3.8, 4) is 0 Å². The van der Waals surface area contributed by atoms with E-state index in [-0.39, 0.29) is 5.78 Å². The molecule has 100 valence electrons. The van der Waals surface area contributed by atoms with Gasteiger partial charge in [0.2, 0.25) is 0 Å². The maximum Gasteiger partial charge on any atom is 0.185 e. The van der Waals surface area contributed by atoms with E-state index in [0.29, 0.717) is 0 Å². The van der Waals surface area contributed by atoms with Gasteiger partial charge in [0.1, 0.15) is 0 Å². The zero-order valence-corrected chi connectivity index (χ0v) is 11.8.